The molecule has 1 aromatic carbocycles. The lowest BCUT2D eigenvalue weighted by molar-refractivity contribution is -0.134. The molecule has 1 amide bonds. The molecule has 1 saturated heterocycles. The molecule has 35 heavy (non-hydrogen) atoms. The normalized spacial score (nSPS) is 17.6. The number of amides is 1. The number of aromatic nitrogens is 5. The van der Waals surface area contributed by atoms with Gasteiger partial charge in [0, 0.05) is 63.1 Å². The molecule has 4 aromatic rings. The van der Waals surface area contributed by atoms with Crippen LogP contribution in [-0.2, 0) is 11.8 Å². The first-order valence-corrected chi connectivity index (χ1v) is 12.3. The third kappa shape index (κ3) is 4.39. The molecule has 0 radical (unpaired) electrons. The lowest BCUT2D eigenvalue weighted by Crippen LogP contribution is -2.49. The fraction of sp³-hybridized carbons (Fsp3) is 0.385. The van der Waals surface area contributed by atoms with E-state index in [0.717, 1.165) is 67.1 Å². The van der Waals surface area contributed by atoms with Gasteiger partial charge < -0.3 is 15.2 Å². The van der Waals surface area contributed by atoms with Gasteiger partial charge in [0.2, 0.25) is 11.9 Å². The van der Waals surface area contributed by atoms with Gasteiger partial charge in [0.05, 0.1) is 16.7 Å². The summed E-state index contributed by atoms with van der Waals surface area (Å²) in [7, 11) is 1.94. The fourth-order valence-corrected chi connectivity index (χ4v) is 4.91. The second-order valence-corrected chi connectivity index (χ2v) is 9.57. The van der Waals surface area contributed by atoms with Crippen LogP contribution in [0.5, 0.6) is 0 Å². The quantitative estimate of drug-likeness (QED) is 0.446. The Morgan fingerprint density at radius 3 is 2.66 bits per heavy atom. The van der Waals surface area contributed by atoms with Crippen LogP contribution in [0.2, 0.25) is 0 Å². The van der Waals surface area contributed by atoms with Crippen LogP contribution in [0.4, 0.5) is 11.8 Å². The summed E-state index contributed by atoms with van der Waals surface area (Å²) in [6, 6.07) is 12.6. The highest BCUT2D eigenvalue weighted by molar-refractivity contribution is 5.83. The van der Waals surface area contributed by atoms with E-state index in [4.69, 9.17) is 0 Å². The maximum atomic E-state index is 12.4. The molecule has 3 aromatic heterocycles. The number of hydrogen-bond acceptors (Lipinski definition) is 6. The minimum absolute atomic E-state index is 0.244. The Hall–Kier alpha value is -3.72. The summed E-state index contributed by atoms with van der Waals surface area (Å²) < 4.78 is 1.86. The predicted octanol–water partition coefficient (Wildman–Crippen LogP) is 3.72. The van der Waals surface area contributed by atoms with Crippen LogP contribution in [0, 0.1) is 5.92 Å². The predicted molar refractivity (Wildman–Crippen MR) is 135 cm³/mol. The van der Waals surface area contributed by atoms with Crippen LogP contribution in [-0.4, -0.2) is 66.6 Å². The van der Waals surface area contributed by atoms with E-state index >= 15 is 0 Å². The van der Waals surface area contributed by atoms with Crippen LogP contribution < -0.4 is 5.32 Å². The summed E-state index contributed by atoms with van der Waals surface area (Å²) in [4.78, 5) is 29.4. The zero-order valence-electron chi connectivity index (χ0n) is 20.1. The molecular formula is C26H30N8O. The SMILES string of the molecule is CC(c1ccnc(Nc2nc3ccc(-c4ccnn4C)cc3[nH]2)c1)N1CCN(C(=O)C2CC2)CC1. The van der Waals surface area contributed by atoms with Crippen molar-refractivity contribution in [3.63, 3.8) is 0 Å². The van der Waals surface area contributed by atoms with Crippen LogP contribution >= 0.6 is 0 Å². The summed E-state index contributed by atoms with van der Waals surface area (Å²) in [5.41, 5.74) is 5.17. The number of carbonyl (C=O) groups is 1. The Balaban J connectivity index is 1.14. The topological polar surface area (TPSA) is 95.0 Å². The van der Waals surface area contributed by atoms with E-state index in [9.17, 15) is 4.79 Å². The van der Waals surface area contributed by atoms with Crippen LogP contribution in [0.15, 0.2) is 48.8 Å². The molecule has 4 heterocycles. The van der Waals surface area contributed by atoms with Gasteiger partial charge in [-0.05, 0) is 55.7 Å². The highest BCUT2D eigenvalue weighted by Crippen LogP contribution is 2.32. The van der Waals surface area contributed by atoms with Crippen molar-refractivity contribution >= 4 is 28.7 Å². The molecule has 1 unspecified atom stereocenters. The Kier molecular flexibility index (Phi) is 5.49. The first-order valence-electron chi connectivity index (χ1n) is 12.3. The summed E-state index contributed by atoms with van der Waals surface area (Å²) in [6.07, 6.45) is 5.77. The first-order chi connectivity index (χ1) is 17.0. The summed E-state index contributed by atoms with van der Waals surface area (Å²) in [6.45, 7) is 5.64. The molecular weight excluding hydrogens is 440 g/mol. The van der Waals surface area contributed by atoms with Gasteiger partial charge in [0.1, 0.15) is 5.82 Å². The van der Waals surface area contributed by atoms with Crippen molar-refractivity contribution in [2.24, 2.45) is 13.0 Å². The molecule has 0 bridgehead atoms. The number of nitrogens with one attached hydrogen (secondary N) is 2. The van der Waals surface area contributed by atoms with E-state index in [1.165, 1.54) is 5.56 Å². The third-order valence-electron chi connectivity index (χ3n) is 7.21. The molecule has 1 aliphatic heterocycles. The maximum absolute atomic E-state index is 12.4. The number of hydrogen-bond donors (Lipinski definition) is 2. The van der Waals surface area contributed by atoms with Crippen molar-refractivity contribution in [3.8, 4) is 11.3 Å². The van der Waals surface area contributed by atoms with Crippen molar-refractivity contribution < 1.29 is 4.79 Å². The van der Waals surface area contributed by atoms with Crippen LogP contribution in [0.25, 0.3) is 22.3 Å². The van der Waals surface area contributed by atoms with Gasteiger partial charge in [0.15, 0.2) is 0 Å². The van der Waals surface area contributed by atoms with Gasteiger partial charge in [-0.1, -0.05) is 6.07 Å². The Morgan fingerprint density at radius 2 is 1.91 bits per heavy atom. The summed E-state index contributed by atoms with van der Waals surface area (Å²) in [5, 5.41) is 7.59. The Labute approximate surface area is 204 Å². The number of benzene rings is 1. The Morgan fingerprint density at radius 1 is 1.09 bits per heavy atom. The molecule has 0 spiro atoms. The highest BCUT2D eigenvalue weighted by atomic mass is 16.2. The second-order valence-electron chi connectivity index (χ2n) is 9.57. The molecule has 6 rings (SSSR count). The van der Waals surface area contributed by atoms with Gasteiger partial charge >= 0.3 is 0 Å². The third-order valence-corrected chi connectivity index (χ3v) is 7.21. The number of pyridine rings is 1. The van der Waals surface area contributed by atoms with E-state index in [2.05, 4.69) is 61.5 Å². The van der Waals surface area contributed by atoms with E-state index in [1.54, 1.807) is 6.20 Å². The van der Waals surface area contributed by atoms with E-state index in [0.29, 0.717) is 17.8 Å². The minimum Gasteiger partial charge on any atom is -0.340 e. The number of piperazine rings is 1. The molecule has 2 fully saturated rings. The molecule has 2 aliphatic rings. The standard InChI is InChI=1S/C26H30N8O/c1-17(33-11-13-34(14-12-33)25(35)18-3-4-18)19-7-9-27-24(16-19)31-26-29-21-6-5-20(15-22(21)30-26)23-8-10-28-32(23)2/h5-10,15-18H,3-4,11-14H2,1-2H3,(H2,27,29,30,31). The van der Waals surface area contributed by atoms with Gasteiger partial charge in [-0.15, -0.1) is 0 Å². The number of aromatic amines is 1. The summed E-state index contributed by atoms with van der Waals surface area (Å²) in [5.74, 6) is 2.06. The molecule has 2 N–H and O–H groups in total. The fourth-order valence-electron chi connectivity index (χ4n) is 4.91. The van der Waals surface area contributed by atoms with Crippen molar-refractivity contribution in [3.05, 3.63) is 54.4 Å². The van der Waals surface area contributed by atoms with Crippen LogP contribution in [0.1, 0.15) is 31.4 Å². The number of fused-ring (bicyclic) bond motifs is 1. The minimum atomic E-state index is 0.244. The van der Waals surface area contributed by atoms with E-state index in [-0.39, 0.29) is 6.04 Å². The number of rotatable bonds is 6. The zero-order chi connectivity index (χ0) is 23.9. The lowest BCUT2D eigenvalue weighted by atomic mass is 10.1. The number of H-pyrrole nitrogens is 1. The average Bonchev–Trinajstić information content (AvgIpc) is 3.52. The smallest absolute Gasteiger partial charge is 0.225 e. The molecule has 1 atom stereocenters. The number of aryl methyl sites for hydroxylation is 1. The van der Waals surface area contributed by atoms with Crippen molar-refractivity contribution in [1.82, 2.24) is 34.5 Å². The average molecular weight is 471 g/mol. The van der Waals surface area contributed by atoms with Crippen LogP contribution in [0.3, 0.4) is 0 Å². The largest absolute Gasteiger partial charge is 0.340 e. The van der Waals surface area contributed by atoms with Gasteiger partial charge in [0.25, 0.3) is 0 Å². The number of carbonyl (C=O) groups excluding carboxylic acids is 1. The monoisotopic (exact) mass is 470 g/mol. The molecule has 1 saturated carbocycles. The van der Waals surface area contributed by atoms with Gasteiger partial charge in [-0.25, -0.2) is 9.97 Å². The van der Waals surface area contributed by atoms with Crippen molar-refractivity contribution in [2.75, 3.05) is 31.5 Å². The van der Waals surface area contributed by atoms with E-state index < -0.39 is 0 Å². The van der Waals surface area contributed by atoms with Gasteiger partial charge in [-0.3, -0.25) is 14.4 Å². The molecule has 180 valence electrons. The zero-order valence-corrected chi connectivity index (χ0v) is 20.1. The lowest BCUT2D eigenvalue weighted by Gasteiger charge is -2.38. The Bertz CT molecular complexity index is 1360. The van der Waals surface area contributed by atoms with E-state index in [1.807, 2.05) is 35.0 Å². The van der Waals surface area contributed by atoms with Crippen molar-refractivity contribution in [2.45, 2.75) is 25.8 Å². The number of imidazole rings is 1. The molecule has 9 nitrogen and oxygen atoms in total. The molecule has 9 heteroatoms. The highest BCUT2D eigenvalue weighted by Gasteiger charge is 2.35. The number of anilines is 2. The first kappa shape index (κ1) is 21.8. The van der Waals surface area contributed by atoms with Gasteiger partial charge in [-0.2, -0.15) is 5.10 Å². The number of nitrogens with zero attached hydrogens (tertiary/aromatic N) is 6. The summed E-state index contributed by atoms with van der Waals surface area (Å²) >= 11 is 0. The van der Waals surface area contributed by atoms with Crippen molar-refractivity contribution in [1.29, 1.82) is 0 Å². The maximum Gasteiger partial charge on any atom is 0.225 e. The molecule has 1 aliphatic carbocycles. The second kappa shape index (κ2) is 8.81.